The minimum absolute atomic E-state index is 0.0300. The molecule has 4 aliphatic heterocycles. The van der Waals surface area contributed by atoms with Gasteiger partial charge in [0.15, 0.2) is 23.0 Å². The first-order valence-electron chi connectivity index (χ1n) is 14.9. The minimum atomic E-state index is -0.710. The third-order valence-corrected chi connectivity index (χ3v) is 8.65. The molecule has 4 heterocycles. The van der Waals surface area contributed by atoms with Crippen LogP contribution in [0.5, 0.6) is 23.0 Å². The second-order valence-corrected chi connectivity index (χ2v) is 12.7. The summed E-state index contributed by atoms with van der Waals surface area (Å²) in [6.45, 7) is 9.95. The van der Waals surface area contributed by atoms with Crippen LogP contribution in [0.25, 0.3) is 0 Å². The molecule has 2 aromatic carbocycles. The van der Waals surface area contributed by atoms with Gasteiger partial charge in [-0.15, -0.1) is 0 Å². The molecule has 2 saturated heterocycles. The molecule has 0 radical (unpaired) electrons. The summed E-state index contributed by atoms with van der Waals surface area (Å²) in [6, 6.07) is 12.0. The van der Waals surface area contributed by atoms with Crippen LogP contribution in [-0.2, 0) is 4.79 Å². The number of piperidine rings is 2. The van der Waals surface area contributed by atoms with Crippen LogP contribution in [-0.4, -0.2) is 97.3 Å². The van der Waals surface area contributed by atoms with Crippen molar-refractivity contribution in [2.24, 2.45) is 10.8 Å². The Balaban J connectivity index is 0.000000168. The number of hydrogen-bond acceptors (Lipinski definition) is 8. The monoisotopic (exact) mass is 586 g/mol. The second kappa shape index (κ2) is 13.1. The van der Waals surface area contributed by atoms with Gasteiger partial charge in [0.1, 0.15) is 31.2 Å². The molecular formula is C32H43FN2O7. The number of ether oxygens (including phenoxy) is 4. The van der Waals surface area contributed by atoms with Crippen LogP contribution >= 0.6 is 0 Å². The lowest BCUT2D eigenvalue weighted by Gasteiger charge is -2.41. The molecule has 0 amide bonds. The highest BCUT2D eigenvalue weighted by molar-refractivity contribution is 5.74. The van der Waals surface area contributed by atoms with Gasteiger partial charge in [-0.2, -0.15) is 0 Å². The van der Waals surface area contributed by atoms with Crippen molar-refractivity contribution in [1.82, 2.24) is 9.80 Å². The fourth-order valence-electron chi connectivity index (χ4n) is 6.30. The van der Waals surface area contributed by atoms with E-state index in [0.29, 0.717) is 37.8 Å². The Bertz CT molecular complexity index is 1230. The van der Waals surface area contributed by atoms with Gasteiger partial charge in [0, 0.05) is 44.3 Å². The van der Waals surface area contributed by atoms with E-state index >= 15 is 0 Å². The molecule has 0 unspecified atom stereocenters. The number of rotatable bonds is 6. The third-order valence-electron chi connectivity index (χ3n) is 8.65. The summed E-state index contributed by atoms with van der Waals surface area (Å²) in [5.41, 5.74) is -0.677. The Kier molecular flexibility index (Phi) is 9.44. The topological polar surface area (TPSA) is 101 Å². The van der Waals surface area contributed by atoms with E-state index in [9.17, 15) is 19.4 Å². The van der Waals surface area contributed by atoms with Crippen molar-refractivity contribution in [2.45, 2.75) is 51.7 Å². The molecule has 0 aromatic heterocycles. The van der Waals surface area contributed by atoms with Crippen LogP contribution in [0.15, 0.2) is 42.5 Å². The highest BCUT2D eigenvalue weighted by Gasteiger charge is 2.39. The predicted molar refractivity (Wildman–Crippen MR) is 155 cm³/mol. The molecule has 230 valence electrons. The number of benzene rings is 2. The number of para-hydroxylation sites is 2. The van der Waals surface area contributed by atoms with Gasteiger partial charge in [-0.25, -0.2) is 4.39 Å². The van der Waals surface area contributed by atoms with Crippen LogP contribution in [0.1, 0.15) is 39.5 Å². The van der Waals surface area contributed by atoms with E-state index in [4.69, 9.17) is 18.9 Å². The summed E-state index contributed by atoms with van der Waals surface area (Å²) in [5.74, 6) is 1.61. The Morgan fingerprint density at radius 3 is 2.14 bits per heavy atom. The van der Waals surface area contributed by atoms with Crippen LogP contribution in [0.3, 0.4) is 0 Å². The number of likely N-dealkylation sites (tertiary alicyclic amines) is 2. The molecule has 9 nitrogen and oxygen atoms in total. The SMILES string of the molecule is C[C@]1(C(=O)O)CCCN(C[C@H]2COc3ccccc3O2)C1.C[C@]1(CO)CCCN(C[C@H]2COc3ccc(F)cc3O2)C1. The number of nitrogens with zero attached hydrogens (tertiary/aromatic N) is 2. The Hall–Kier alpha value is -3.08. The first-order valence-corrected chi connectivity index (χ1v) is 14.9. The van der Waals surface area contributed by atoms with Gasteiger partial charge < -0.3 is 29.2 Å². The summed E-state index contributed by atoms with van der Waals surface area (Å²) in [5, 5.41) is 18.9. The normalized spacial score (nSPS) is 29.2. The average Bonchev–Trinajstić information content (AvgIpc) is 2.97. The van der Waals surface area contributed by atoms with Crippen LogP contribution in [0.4, 0.5) is 4.39 Å². The van der Waals surface area contributed by atoms with Crippen molar-refractivity contribution in [1.29, 1.82) is 0 Å². The fourth-order valence-corrected chi connectivity index (χ4v) is 6.30. The van der Waals surface area contributed by atoms with E-state index < -0.39 is 11.4 Å². The van der Waals surface area contributed by atoms with E-state index in [1.807, 2.05) is 31.2 Å². The summed E-state index contributed by atoms with van der Waals surface area (Å²) in [6.07, 6.45) is 3.64. The van der Waals surface area contributed by atoms with Gasteiger partial charge in [0.25, 0.3) is 0 Å². The molecular weight excluding hydrogens is 543 g/mol. The van der Waals surface area contributed by atoms with Crippen LogP contribution in [0, 0.1) is 16.6 Å². The molecule has 0 aliphatic carbocycles. The molecule has 4 atom stereocenters. The van der Waals surface area contributed by atoms with Gasteiger partial charge in [0.2, 0.25) is 0 Å². The molecule has 2 N–H and O–H groups in total. The minimum Gasteiger partial charge on any atom is -0.486 e. The number of carbonyl (C=O) groups is 1. The molecule has 6 rings (SSSR count). The molecule has 10 heteroatoms. The number of fused-ring (bicyclic) bond motifs is 2. The van der Waals surface area contributed by atoms with Crippen molar-refractivity contribution in [2.75, 3.05) is 59.1 Å². The predicted octanol–water partition coefficient (Wildman–Crippen LogP) is 4.07. The first kappa shape index (κ1) is 30.4. The average molecular weight is 587 g/mol. The van der Waals surface area contributed by atoms with Crippen LogP contribution < -0.4 is 18.9 Å². The quantitative estimate of drug-likeness (QED) is 0.519. The zero-order valence-electron chi connectivity index (χ0n) is 24.6. The summed E-state index contributed by atoms with van der Waals surface area (Å²) in [4.78, 5) is 15.9. The standard InChI is InChI=1S/C16H22FNO3.C16H21NO4/c1-16(11-19)5-2-6-18(10-16)8-13-9-20-14-4-3-12(17)7-15(14)21-13;1-16(15(18)19)7-4-8-17(11-16)9-12-10-20-13-5-2-3-6-14(13)21-12/h3-4,7,13,19H,2,5-6,8-11H2,1H3;2-3,5-6,12H,4,7-11H2,1H3,(H,18,19)/t13-,16-;12-,16-/m00/s1. The highest BCUT2D eigenvalue weighted by Crippen LogP contribution is 2.35. The van der Waals surface area contributed by atoms with Crippen molar-refractivity contribution in [3.63, 3.8) is 0 Å². The smallest absolute Gasteiger partial charge is 0.310 e. The number of aliphatic carboxylic acids is 1. The molecule has 4 aliphatic rings. The Morgan fingerprint density at radius 1 is 0.881 bits per heavy atom. The van der Waals surface area contributed by atoms with Crippen molar-refractivity contribution in [3.05, 3.63) is 48.3 Å². The first-order chi connectivity index (χ1) is 20.1. The summed E-state index contributed by atoms with van der Waals surface area (Å²) < 4.78 is 36.4. The lowest BCUT2D eigenvalue weighted by atomic mass is 9.82. The van der Waals surface area contributed by atoms with E-state index in [2.05, 4.69) is 16.7 Å². The zero-order valence-corrected chi connectivity index (χ0v) is 24.6. The second-order valence-electron chi connectivity index (χ2n) is 12.7. The lowest BCUT2D eigenvalue weighted by molar-refractivity contribution is -0.151. The van der Waals surface area contributed by atoms with Crippen molar-refractivity contribution >= 4 is 5.97 Å². The number of carboxylic acids is 1. The van der Waals surface area contributed by atoms with E-state index in [1.54, 1.807) is 6.07 Å². The Labute approximate surface area is 247 Å². The third kappa shape index (κ3) is 7.46. The van der Waals surface area contributed by atoms with Crippen molar-refractivity contribution in [3.8, 4) is 23.0 Å². The summed E-state index contributed by atoms with van der Waals surface area (Å²) in [7, 11) is 0. The highest BCUT2D eigenvalue weighted by atomic mass is 19.1. The number of carboxylic acid groups (broad SMARTS) is 1. The molecule has 0 bridgehead atoms. The summed E-state index contributed by atoms with van der Waals surface area (Å²) >= 11 is 0. The molecule has 42 heavy (non-hydrogen) atoms. The maximum Gasteiger partial charge on any atom is 0.310 e. The van der Waals surface area contributed by atoms with Gasteiger partial charge in [0.05, 0.1) is 5.41 Å². The largest absolute Gasteiger partial charge is 0.486 e. The van der Waals surface area contributed by atoms with Crippen molar-refractivity contribution < 1.29 is 38.3 Å². The number of aliphatic hydroxyl groups excluding tert-OH is 1. The Morgan fingerprint density at radius 2 is 1.48 bits per heavy atom. The zero-order chi connectivity index (χ0) is 29.7. The number of aliphatic hydroxyl groups is 1. The van der Waals surface area contributed by atoms with Gasteiger partial charge in [-0.1, -0.05) is 19.1 Å². The van der Waals surface area contributed by atoms with E-state index in [0.717, 1.165) is 63.4 Å². The molecule has 0 saturated carbocycles. The lowest BCUT2D eigenvalue weighted by Crippen LogP contribution is -2.50. The molecule has 0 spiro atoms. The van der Waals surface area contributed by atoms with E-state index in [1.165, 1.54) is 12.1 Å². The van der Waals surface area contributed by atoms with E-state index in [-0.39, 0.29) is 30.0 Å². The molecule has 2 fully saturated rings. The maximum absolute atomic E-state index is 13.3. The van der Waals surface area contributed by atoms with Gasteiger partial charge in [-0.3, -0.25) is 14.6 Å². The fraction of sp³-hybridized carbons (Fsp3) is 0.594. The maximum atomic E-state index is 13.3. The van der Waals surface area contributed by atoms with Crippen LogP contribution in [0.2, 0.25) is 0 Å². The number of halogens is 1. The molecule has 2 aromatic rings. The van der Waals surface area contributed by atoms with Gasteiger partial charge in [-0.05, 0) is 70.0 Å². The van der Waals surface area contributed by atoms with Gasteiger partial charge >= 0.3 is 5.97 Å². The number of hydrogen-bond donors (Lipinski definition) is 2.